The number of hydroxylamine groups is 2. The fraction of sp³-hybridized carbons (Fsp3) is 0.316. The minimum Gasteiger partial charge on any atom is -0.369 e. The van der Waals surface area contributed by atoms with Crippen LogP contribution in [0.2, 0.25) is 0 Å². The fourth-order valence-electron chi connectivity index (χ4n) is 2.54. The van der Waals surface area contributed by atoms with Crippen LogP contribution in [0.3, 0.4) is 0 Å². The first kappa shape index (κ1) is 19.9. The summed E-state index contributed by atoms with van der Waals surface area (Å²) in [6.45, 7) is 4.62. The SMILES string of the molecule is CC(=O)ON1CCN(c2ccncc2)CC1.O=C(S)Cc1ccccc1. The molecule has 0 radical (unpaired) electrons. The number of benzene rings is 1. The predicted molar refractivity (Wildman–Crippen MR) is 104 cm³/mol. The van der Waals surface area contributed by atoms with Gasteiger partial charge in [-0.15, -0.1) is 17.7 Å². The Labute approximate surface area is 159 Å². The highest BCUT2D eigenvalue weighted by Crippen LogP contribution is 2.14. The summed E-state index contributed by atoms with van der Waals surface area (Å²) in [5.41, 5.74) is 2.18. The molecule has 1 aromatic carbocycles. The van der Waals surface area contributed by atoms with Crippen molar-refractivity contribution in [3.05, 3.63) is 60.4 Å². The van der Waals surface area contributed by atoms with Crippen LogP contribution in [0.4, 0.5) is 5.69 Å². The Hall–Kier alpha value is -2.38. The summed E-state index contributed by atoms with van der Waals surface area (Å²) in [6, 6.07) is 13.5. The number of hydrogen-bond donors (Lipinski definition) is 1. The van der Waals surface area contributed by atoms with Crippen molar-refractivity contribution in [2.75, 3.05) is 31.1 Å². The molecule has 0 atom stereocenters. The largest absolute Gasteiger partial charge is 0.369 e. The standard InChI is InChI=1S/C11H15N3O2.C8H8OS/c1-10(15)16-14-8-6-13(7-9-14)11-2-4-12-5-3-11;9-8(10)6-7-4-2-1-3-5-7/h2-5H,6-9H2,1H3;1-5H,6H2,(H,9,10). The van der Waals surface area contributed by atoms with E-state index in [-0.39, 0.29) is 11.1 Å². The van der Waals surface area contributed by atoms with Crippen molar-refractivity contribution in [3.63, 3.8) is 0 Å². The Balaban J connectivity index is 0.000000209. The quantitative estimate of drug-likeness (QED) is 0.831. The molecule has 1 aliphatic rings. The molecule has 0 aliphatic carbocycles. The number of pyridine rings is 1. The highest BCUT2D eigenvalue weighted by molar-refractivity contribution is 7.96. The topological polar surface area (TPSA) is 62.7 Å². The lowest BCUT2D eigenvalue weighted by atomic mass is 10.2. The van der Waals surface area contributed by atoms with Crippen molar-refractivity contribution in [2.45, 2.75) is 13.3 Å². The summed E-state index contributed by atoms with van der Waals surface area (Å²) in [5.74, 6) is -0.252. The van der Waals surface area contributed by atoms with Gasteiger partial charge in [0, 0.05) is 44.5 Å². The average molecular weight is 373 g/mol. The molecule has 0 spiro atoms. The molecular formula is C19H23N3O3S. The molecule has 0 amide bonds. The summed E-state index contributed by atoms with van der Waals surface area (Å²) in [5, 5.41) is 1.62. The van der Waals surface area contributed by atoms with E-state index >= 15 is 0 Å². The van der Waals surface area contributed by atoms with Crippen molar-refractivity contribution in [3.8, 4) is 0 Å². The van der Waals surface area contributed by atoms with Gasteiger partial charge in [0.25, 0.3) is 0 Å². The number of anilines is 1. The molecule has 3 rings (SSSR count). The van der Waals surface area contributed by atoms with Crippen LogP contribution in [0, 0.1) is 0 Å². The second-order valence-corrected chi connectivity index (χ2v) is 6.26. The minimum atomic E-state index is -0.252. The van der Waals surface area contributed by atoms with Gasteiger partial charge in [0.15, 0.2) is 5.12 Å². The molecule has 6 nitrogen and oxygen atoms in total. The molecule has 0 N–H and O–H groups in total. The molecule has 138 valence electrons. The van der Waals surface area contributed by atoms with Gasteiger partial charge >= 0.3 is 5.97 Å². The molecule has 1 aliphatic heterocycles. The summed E-state index contributed by atoms with van der Waals surface area (Å²) < 4.78 is 0. The van der Waals surface area contributed by atoms with Crippen molar-refractivity contribution in [1.82, 2.24) is 10.0 Å². The summed E-state index contributed by atoms with van der Waals surface area (Å²) in [6.07, 6.45) is 3.99. The van der Waals surface area contributed by atoms with E-state index in [0.29, 0.717) is 6.42 Å². The maximum absolute atomic E-state index is 10.8. The van der Waals surface area contributed by atoms with Gasteiger partial charge in [-0.3, -0.25) is 14.6 Å². The Morgan fingerprint density at radius 1 is 1.04 bits per heavy atom. The molecule has 0 saturated carbocycles. The van der Waals surface area contributed by atoms with E-state index in [9.17, 15) is 9.59 Å². The molecule has 1 aromatic heterocycles. The third kappa shape index (κ3) is 7.25. The van der Waals surface area contributed by atoms with Gasteiger partial charge in [-0.25, -0.2) is 0 Å². The van der Waals surface area contributed by atoms with Crippen LogP contribution in [0.5, 0.6) is 0 Å². The average Bonchev–Trinajstić information content (AvgIpc) is 2.63. The van der Waals surface area contributed by atoms with Crippen LogP contribution in [-0.2, 0) is 20.8 Å². The number of carbonyl (C=O) groups is 2. The van der Waals surface area contributed by atoms with Crippen LogP contribution in [-0.4, -0.2) is 47.3 Å². The van der Waals surface area contributed by atoms with Crippen molar-refractivity contribution in [2.24, 2.45) is 0 Å². The maximum Gasteiger partial charge on any atom is 0.322 e. The Kier molecular flexibility index (Phi) is 8.11. The Bertz CT molecular complexity index is 690. The van der Waals surface area contributed by atoms with Crippen LogP contribution in [0.15, 0.2) is 54.9 Å². The number of hydrogen-bond acceptors (Lipinski definition) is 6. The van der Waals surface area contributed by atoms with Crippen LogP contribution in [0.25, 0.3) is 0 Å². The first-order valence-electron chi connectivity index (χ1n) is 8.39. The van der Waals surface area contributed by atoms with E-state index in [0.717, 1.165) is 37.4 Å². The summed E-state index contributed by atoms with van der Waals surface area (Å²) in [4.78, 5) is 32.5. The van der Waals surface area contributed by atoms with Crippen LogP contribution in [0.1, 0.15) is 12.5 Å². The van der Waals surface area contributed by atoms with E-state index in [2.05, 4.69) is 22.5 Å². The second-order valence-electron chi connectivity index (χ2n) is 5.76. The number of piperazine rings is 1. The minimum absolute atomic E-state index is 0.0915. The lowest BCUT2D eigenvalue weighted by Crippen LogP contribution is -2.46. The van der Waals surface area contributed by atoms with Gasteiger partial charge in [0.2, 0.25) is 0 Å². The third-order valence-corrected chi connectivity index (χ3v) is 3.88. The monoisotopic (exact) mass is 373 g/mol. The smallest absolute Gasteiger partial charge is 0.322 e. The zero-order valence-corrected chi connectivity index (χ0v) is 15.6. The number of rotatable bonds is 4. The number of carbonyl (C=O) groups excluding carboxylic acids is 2. The predicted octanol–water partition coefficient (Wildman–Crippen LogP) is 2.37. The van der Waals surface area contributed by atoms with E-state index in [1.54, 1.807) is 17.5 Å². The van der Waals surface area contributed by atoms with Gasteiger partial charge in [-0.2, -0.15) is 0 Å². The van der Waals surface area contributed by atoms with Gasteiger partial charge in [0.1, 0.15) is 0 Å². The number of nitrogens with zero attached hydrogens (tertiary/aromatic N) is 3. The van der Waals surface area contributed by atoms with Crippen LogP contribution < -0.4 is 4.90 Å². The molecule has 1 saturated heterocycles. The second kappa shape index (κ2) is 10.6. The third-order valence-electron chi connectivity index (χ3n) is 3.72. The molecule has 2 heterocycles. The molecular weight excluding hydrogens is 350 g/mol. The summed E-state index contributed by atoms with van der Waals surface area (Å²) >= 11 is 3.67. The van der Waals surface area contributed by atoms with Crippen molar-refractivity contribution < 1.29 is 14.4 Å². The first-order chi connectivity index (χ1) is 12.5. The van der Waals surface area contributed by atoms with Crippen molar-refractivity contribution >= 4 is 29.4 Å². The van der Waals surface area contributed by atoms with Gasteiger partial charge in [0.05, 0.1) is 13.1 Å². The van der Waals surface area contributed by atoms with Crippen LogP contribution >= 0.6 is 12.6 Å². The fourth-order valence-corrected chi connectivity index (χ4v) is 2.73. The summed E-state index contributed by atoms with van der Waals surface area (Å²) in [7, 11) is 0. The van der Waals surface area contributed by atoms with Gasteiger partial charge < -0.3 is 9.74 Å². The molecule has 2 aromatic rings. The highest BCUT2D eigenvalue weighted by atomic mass is 32.1. The Morgan fingerprint density at radius 2 is 1.65 bits per heavy atom. The van der Waals surface area contributed by atoms with Gasteiger partial charge in [-0.1, -0.05) is 30.3 Å². The van der Waals surface area contributed by atoms with E-state index in [1.165, 1.54) is 6.92 Å². The zero-order chi connectivity index (χ0) is 18.8. The Morgan fingerprint density at radius 3 is 2.19 bits per heavy atom. The van der Waals surface area contributed by atoms with E-state index in [1.807, 2.05) is 42.5 Å². The molecule has 0 bridgehead atoms. The zero-order valence-electron chi connectivity index (χ0n) is 14.7. The lowest BCUT2D eigenvalue weighted by molar-refractivity contribution is -0.188. The van der Waals surface area contributed by atoms with E-state index in [4.69, 9.17) is 4.84 Å². The van der Waals surface area contributed by atoms with E-state index < -0.39 is 0 Å². The maximum atomic E-state index is 10.8. The molecule has 0 unspecified atom stereocenters. The molecule has 7 heteroatoms. The molecule has 1 fully saturated rings. The van der Waals surface area contributed by atoms with Gasteiger partial charge in [-0.05, 0) is 17.7 Å². The number of thiol groups is 1. The first-order valence-corrected chi connectivity index (χ1v) is 8.83. The molecule has 26 heavy (non-hydrogen) atoms. The highest BCUT2D eigenvalue weighted by Gasteiger charge is 2.18. The lowest BCUT2D eigenvalue weighted by Gasteiger charge is -2.34. The number of aromatic nitrogens is 1. The normalized spacial score (nSPS) is 14.2. The van der Waals surface area contributed by atoms with Crippen molar-refractivity contribution in [1.29, 1.82) is 0 Å².